The third kappa shape index (κ3) is 3.65. The molecule has 1 saturated heterocycles. The zero-order valence-electron chi connectivity index (χ0n) is 9.29. The van der Waals surface area contributed by atoms with E-state index in [1.54, 1.807) is 0 Å². The van der Waals surface area contributed by atoms with Crippen molar-refractivity contribution in [1.82, 2.24) is 10.2 Å². The summed E-state index contributed by atoms with van der Waals surface area (Å²) >= 11 is 0. The van der Waals surface area contributed by atoms with Crippen molar-refractivity contribution in [3.05, 3.63) is 0 Å². The highest BCUT2D eigenvalue weighted by Crippen LogP contribution is 2.08. The van der Waals surface area contributed by atoms with Crippen LogP contribution in [0, 0.1) is 17.2 Å². The first kappa shape index (κ1) is 11.5. The summed E-state index contributed by atoms with van der Waals surface area (Å²) in [5.41, 5.74) is 0. The Hall–Kier alpha value is -0.590. The van der Waals surface area contributed by atoms with Gasteiger partial charge in [-0.15, -0.1) is 0 Å². The fourth-order valence-corrected chi connectivity index (χ4v) is 1.84. The lowest BCUT2D eigenvalue weighted by Gasteiger charge is -2.31. The molecule has 0 aromatic rings. The predicted octanol–water partition coefficient (Wildman–Crippen LogP) is 1.22. The predicted molar refractivity (Wildman–Crippen MR) is 57.9 cm³/mol. The summed E-state index contributed by atoms with van der Waals surface area (Å²) in [6.45, 7) is 8.46. The third-order valence-corrected chi connectivity index (χ3v) is 2.73. The van der Waals surface area contributed by atoms with Gasteiger partial charge in [0.25, 0.3) is 0 Å². The normalized spacial score (nSPS) is 23.7. The number of nitrogens with zero attached hydrogens (tertiary/aromatic N) is 2. The molecule has 0 bridgehead atoms. The van der Waals surface area contributed by atoms with Crippen molar-refractivity contribution >= 4 is 0 Å². The molecular weight excluding hydrogens is 174 g/mol. The molecule has 14 heavy (non-hydrogen) atoms. The average molecular weight is 195 g/mol. The molecule has 1 aliphatic rings. The second-order valence-electron chi connectivity index (χ2n) is 4.42. The number of nitrogens with one attached hydrogen (secondary N) is 1. The molecule has 1 N–H and O–H groups in total. The van der Waals surface area contributed by atoms with E-state index < -0.39 is 0 Å². The molecule has 3 nitrogen and oxygen atoms in total. The molecule has 0 saturated carbocycles. The van der Waals surface area contributed by atoms with Crippen LogP contribution in [0.25, 0.3) is 0 Å². The van der Waals surface area contributed by atoms with Gasteiger partial charge in [-0.05, 0) is 25.3 Å². The van der Waals surface area contributed by atoms with Gasteiger partial charge in [-0.2, -0.15) is 5.26 Å². The number of piperazine rings is 1. The Morgan fingerprint density at radius 3 is 3.00 bits per heavy atom. The first-order chi connectivity index (χ1) is 6.74. The monoisotopic (exact) mass is 195 g/mol. The maximum atomic E-state index is 8.94. The molecule has 0 aromatic heterocycles. The van der Waals surface area contributed by atoms with Crippen LogP contribution in [0.15, 0.2) is 0 Å². The lowest BCUT2D eigenvalue weighted by Crippen LogP contribution is -2.50. The Morgan fingerprint density at radius 2 is 2.36 bits per heavy atom. The second kappa shape index (κ2) is 6.00. The van der Waals surface area contributed by atoms with Crippen LogP contribution in [-0.2, 0) is 0 Å². The molecule has 1 heterocycles. The highest BCUT2D eigenvalue weighted by molar-refractivity contribution is 4.95. The molecule has 0 aliphatic carbocycles. The molecule has 0 radical (unpaired) electrons. The Morgan fingerprint density at radius 1 is 1.57 bits per heavy atom. The van der Waals surface area contributed by atoms with Crippen LogP contribution in [0.5, 0.6) is 0 Å². The second-order valence-corrected chi connectivity index (χ2v) is 4.42. The third-order valence-electron chi connectivity index (χ3n) is 2.73. The van der Waals surface area contributed by atoms with Gasteiger partial charge in [-0.25, -0.2) is 0 Å². The minimum absolute atomic E-state index is 0.0934. The zero-order chi connectivity index (χ0) is 10.4. The molecule has 1 rings (SSSR count). The Kier molecular flexibility index (Phi) is 4.92. The lowest BCUT2D eigenvalue weighted by atomic mass is 10.1. The van der Waals surface area contributed by atoms with Gasteiger partial charge in [0.15, 0.2) is 0 Å². The van der Waals surface area contributed by atoms with Gasteiger partial charge >= 0.3 is 0 Å². The summed E-state index contributed by atoms with van der Waals surface area (Å²) in [6, 6.07) is 2.45. The molecule has 1 fully saturated rings. The Balaban J connectivity index is 2.24. The van der Waals surface area contributed by atoms with E-state index >= 15 is 0 Å². The van der Waals surface area contributed by atoms with E-state index in [-0.39, 0.29) is 6.04 Å². The van der Waals surface area contributed by atoms with Crippen molar-refractivity contribution in [2.75, 3.05) is 26.2 Å². The molecule has 80 valence electrons. The van der Waals surface area contributed by atoms with Gasteiger partial charge in [0.05, 0.1) is 6.07 Å². The largest absolute Gasteiger partial charge is 0.313 e. The van der Waals surface area contributed by atoms with E-state index in [1.165, 1.54) is 12.8 Å². The first-order valence-electron chi connectivity index (χ1n) is 5.58. The van der Waals surface area contributed by atoms with Gasteiger partial charge < -0.3 is 5.32 Å². The fourth-order valence-electron chi connectivity index (χ4n) is 1.84. The van der Waals surface area contributed by atoms with Crippen molar-refractivity contribution in [2.45, 2.75) is 32.7 Å². The minimum atomic E-state index is 0.0934. The first-order valence-corrected chi connectivity index (χ1v) is 5.58. The maximum absolute atomic E-state index is 8.94. The number of hydrogen-bond acceptors (Lipinski definition) is 3. The van der Waals surface area contributed by atoms with Gasteiger partial charge in [0, 0.05) is 19.6 Å². The molecule has 1 aliphatic heterocycles. The van der Waals surface area contributed by atoms with Crippen LogP contribution in [0.2, 0.25) is 0 Å². The molecule has 0 aromatic carbocycles. The van der Waals surface area contributed by atoms with Crippen LogP contribution in [0.4, 0.5) is 0 Å². The van der Waals surface area contributed by atoms with Crippen molar-refractivity contribution in [3.8, 4) is 6.07 Å². The molecule has 1 atom stereocenters. The van der Waals surface area contributed by atoms with Gasteiger partial charge in [-0.1, -0.05) is 13.8 Å². The van der Waals surface area contributed by atoms with E-state index in [2.05, 4.69) is 30.1 Å². The quantitative estimate of drug-likeness (QED) is 0.733. The smallest absolute Gasteiger partial charge is 0.110 e. The molecule has 0 spiro atoms. The fraction of sp³-hybridized carbons (Fsp3) is 0.909. The van der Waals surface area contributed by atoms with E-state index in [0.29, 0.717) is 0 Å². The topological polar surface area (TPSA) is 39.1 Å². The van der Waals surface area contributed by atoms with Crippen LogP contribution in [-0.4, -0.2) is 37.1 Å². The lowest BCUT2D eigenvalue weighted by molar-refractivity contribution is 0.191. The van der Waals surface area contributed by atoms with Crippen LogP contribution in [0.1, 0.15) is 26.7 Å². The number of rotatable bonds is 4. The van der Waals surface area contributed by atoms with Crippen molar-refractivity contribution in [3.63, 3.8) is 0 Å². The Labute approximate surface area is 87.1 Å². The average Bonchev–Trinajstić information content (AvgIpc) is 2.18. The summed E-state index contributed by atoms with van der Waals surface area (Å²) in [7, 11) is 0. The van der Waals surface area contributed by atoms with E-state index in [9.17, 15) is 0 Å². The van der Waals surface area contributed by atoms with E-state index in [0.717, 1.165) is 32.1 Å². The number of nitriles is 1. The van der Waals surface area contributed by atoms with Gasteiger partial charge in [0.2, 0.25) is 0 Å². The van der Waals surface area contributed by atoms with E-state index in [4.69, 9.17) is 5.26 Å². The van der Waals surface area contributed by atoms with Crippen LogP contribution < -0.4 is 5.32 Å². The highest BCUT2D eigenvalue weighted by atomic mass is 15.2. The van der Waals surface area contributed by atoms with Crippen molar-refractivity contribution < 1.29 is 0 Å². The summed E-state index contributed by atoms with van der Waals surface area (Å²) in [5, 5.41) is 12.2. The molecule has 1 unspecified atom stereocenters. The Bertz CT molecular complexity index is 195. The van der Waals surface area contributed by atoms with Crippen molar-refractivity contribution in [2.24, 2.45) is 5.92 Å². The summed E-state index contributed by atoms with van der Waals surface area (Å²) < 4.78 is 0. The zero-order valence-corrected chi connectivity index (χ0v) is 9.29. The SMILES string of the molecule is CC(C)CCCN1CCNCC1C#N. The summed E-state index contributed by atoms with van der Waals surface area (Å²) in [6.07, 6.45) is 2.48. The highest BCUT2D eigenvalue weighted by Gasteiger charge is 2.20. The van der Waals surface area contributed by atoms with E-state index in [1.807, 2.05) is 0 Å². The molecule has 0 amide bonds. The van der Waals surface area contributed by atoms with Crippen molar-refractivity contribution in [1.29, 1.82) is 5.26 Å². The minimum Gasteiger partial charge on any atom is -0.313 e. The van der Waals surface area contributed by atoms with Gasteiger partial charge in [-0.3, -0.25) is 4.90 Å². The van der Waals surface area contributed by atoms with Gasteiger partial charge in [0.1, 0.15) is 6.04 Å². The van der Waals surface area contributed by atoms with Crippen LogP contribution >= 0.6 is 0 Å². The van der Waals surface area contributed by atoms with Crippen LogP contribution in [0.3, 0.4) is 0 Å². The summed E-state index contributed by atoms with van der Waals surface area (Å²) in [4.78, 5) is 2.30. The summed E-state index contributed by atoms with van der Waals surface area (Å²) in [5.74, 6) is 0.776. The molecular formula is C11H21N3. The standard InChI is InChI=1S/C11H21N3/c1-10(2)4-3-6-14-7-5-13-9-11(14)8-12/h10-11,13H,3-7,9H2,1-2H3. The maximum Gasteiger partial charge on any atom is 0.110 e. The molecule has 3 heteroatoms. The number of hydrogen-bond donors (Lipinski definition) is 1.